The fourth-order valence-electron chi connectivity index (χ4n) is 4.60. The van der Waals surface area contributed by atoms with E-state index in [1.807, 2.05) is 9.47 Å². The summed E-state index contributed by atoms with van der Waals surface area (Å²) in [5.74, 6) is 0.448. The minimum Gasteiger partial charge on any atom is -0.392 e. The highest BCUT2D eigenvalue weighted by molar-refractivity contribution is 5.98. The van der Waals surface area contributed by atoms with E-state index in [0.717, 1.165) is 19.3 Å². The molecule has 3 aromatic rings. The number of hydrogen-bond donors (Lipinski definition) is 1. The Morgan fingerprint density at radius 3 is 2.72 bits per heavy atom. The van der Waals surface area contributed by atoms with Crippen molar-refractivity contribution in [3.05, 3.63) is 88.5 Å². The van der Waals surface area contributed by atoms with E-state index in [0.29, 0.717) is 47.8 Å². The summed E-state index contributed by atoms with van der Waals surface area (Å²) in [7, 11) is 0. The Hall–Kier alpha value is -3.43. The van der Waals surface area contributed by atoms with Crippen LogP contribution in [-0.2, 0) is 19.6 Å². The van der Waals surface area contributed by atoms with Gasteiger partial charge in [-0.25, -0.2) is 4.98 Å². The highest BCUT2D eigenvalue weighted by atomic mass is 16.3. The predicted molar refractivity (Wildman–Crippen MR) is 122 cm³/mol. The lowest BCUT2D eigenvalue weighted by atomic mass is 9.88. The molecular formula is C26H28N4O2. The van der Waals surface area contributed by atoms with Crippen LogP contribution in [0, 0.1) is 24.2 Å². The largest absolute Gasteiger partial charge is 0.392 e. The summed E-state index contributed by atoms with van der Waals surface area (Å²) in [5, 5.41) is 19.6. The van der Waals surface area contributed by atoms with Crippen LogP contribution in [-0.4, -0.2) is 38.6 Å². The number of aromatic nitrogens is 2. The van der Waals surface area contributed by atoms with Crippen molar-refractivity contribution in [1.29, 1.82) is 5.26 Å². The zero-order chi connectivity index (χ0) is 22.5. The van der Waals surface area contributed by atoms with Crippen LogP contribution in [0.25, 0.3) is 0 Å². The summed E-state index contributed by atoms with van der Waals surface area (Å²) < 4.78 is 1.84. The molecule has 0 radical (unpaired) electrons. The number of carbonyl (C=O) groups is 1. The van der Waals surface area contributed by atoms with Gasteiger partial charge in [0.2, 0.25) is 0 Å². The van der Waals surface area contributed by atoms with Crippen molar-refractivity contribution in [1.82, 2.24) is 14.5 Å². The van der Waals surface area contributed by atoms with Gasteiger partial charge < -0.3 is 14.6 Å². The lowest BCUT2D eigenvalue weighted by Gasteiger charge is -2.33. The molecule has 1 aromatic heterocycles. The van der Waals surface area contributed by atoms with Gasteiger partial charge in [-0.1, -0.05) is 35.9 Å². The first-order valence-electron chi connectivity index (χ1n) is 11.0. The summed E-state index contributed by atoms with van der Waals surface area (Å²) in [5.41, 5.74) is 4.73. The fraction of sp³-hybridized carbons (Fsp3) is 0.346. The number of amides is 1. The number of imidazole rings is 1. The molecule has 6 heteroatoms. The van der Waals surface area contributed by atoms with Crippen LogP contribution in [0.2, 0.25) is 0 Å². The number of aliphatic hydroxyl groups is 1. The van der Waals surface area contributed by atoms with Crippen molar-refractivity contribution >= 4 is 5.91 Å². The molecule has 1 amide bonds. The lowest BCUT2D eigenvalue weighted by molar-refractivity contribution is 0.0686. The Balaban J connectivity index is 1.53. The maximum Gasteiger partial charge on any atom is 0.254 e. The number of hydrogen-bond acceptors (Lipinski definition) is 4. The van der Waals surface area contributed by atoms with Crippen LogP contribution >= 0.6 is 0 Å². The smallest absolute Gasteiger partial charge is 0.254 e. The van der Waals surface area contributed by atoms with Crippen LogP contribution in [0.3, 0.4) is 0 Å². The molecule has 32 heavy (non-hydrogen) atoms. The molecule has 0 saturated carbocycles. The van der Waals surface area contributed by atoms with Gasteiger partial charge in [-0.2, -0.15) is 5.26 Å². The Bertz CT molecular complexity index is 1120. The van der Waals surface area contributed by atoms with E-state index in [1.54, 1.807) is 30.9 Å². The summed E-state index contributed by atoms with van der Waals surface area (Å²) in [6, 6.07) is 14.2. The number of benzene rings is 2. The van der Waals surface area contributed by atoms with Gasteiger partial charge in [-0.15, -0.1) is 0 Å². The van der Waals surface area contributed by atoms with Gasteiger partial charge >= 0.3 is 0 Å². The molecule has 2 heterocycles. The van der Waals surface area contributed by atoms with Crippen LogP contribution < -0.4 is 0 Å². The second-order valence-electron chi connectivity index (χ2n) is 8.56. The zero-order valence-corrected chi connectivity index (χ0v) is 18.4. The maximum atomic E-state index is 13.6. The molecule has 1 fully saturated rings. The van der Waals surface area contributed by atoms with Crippen molar-refractivity contribution in [2.75, 3.05) is 13.1 Å². The summed E-state index contributed by atoms with van der Waals surface area (Å²) in [6.07, 6.45) is 8.06. The number of piperidine rings is 1. The molecule has 0 unspecified atom stereocenters. The average molecular weight is 429 g/mol. The van der Waals surface area contributed by atoms with E-state index in [1.165, 1.54) is 11.1 Å². The second kappa shape index (κ2) is 9.80. The normalized spacial score (nSPS) is 14.3. The first-order valence-corrected chi connectivity index (χ1v) is 11.0. The van der Waals surface area contributed by atoms with Gasteiger partial charge in [-0.05, 0) is 49.3 Å². The van der Waals surface area contributed by atoms with E-state index >= 15 is 0 Å². The van der Waals surface area contributed by atoms with Gasteiger partial charge in [0, 0.05) is 31.0 Å². The molecule has 6 nitrogen and oxygen atoms in total. The quantitative estimate of drug-likeness (QED) is 0.649. The molecule has 4 rings (SSSR count). The van der Waals surface area contributed by atoms with Gasteiger partial charge in [-0.3, -0.25) is 4.79 Å². The molecule has 1 saturated heterocycles. The van der Waals surface area contributed by atoms with Crippen LogP contribution in [0.4, 0.5) is 0 Å². The molecule has 0 bridgehead atoms. The van der Waals surface area contributed by atoms with Crippen molar-refractivity contribution in [2.45, 2.75) is 39.3 Å². The number of nitriles is 1. The molecule has 0 spiro atoms. The van der Waals surface area contributed by atoms with Crippen molar-refractivity contribution < 1.29 is 9.90 Å². The first-order chi connectivity index (χ1) is 15.6. The van der Waals surface area contributed by atoms with Gasteiger partial charge in [0.25, 0.3) is 5.91 Å². The van der Waals surface area contributed by atoms with Crippen molar-refractivity contribution in [3.63, 3.8) is 0 Å². The van der Waals surface area contributed by atoms with E-state index in [9.17, 15) is 15.2 Å². The number of carbonyl (C=O) groups excluding carboxylic acids is 1. The van der Waals surface area contributed by atoms with E-state index in [2.05, 4.69) is 42.2 Å². The molecule has 0 aliphatic carbocycles. The van der Waals surface area contributed by atoms with E-state index in [4.69, 9.17) is 0 Å². The standard InChI is InChI=1S/C26H28N4O2/c1-19-3-2-4-21(13-19)14-20-7-10-30(11-8-20)26(32)25-23(17-31)6-5-22(15-27)24(25)16-29-12-9-28-18-29/h2-6,9,12-13,18,20,31H,7-8,10-11,14,16-17H2,1H3. The summed E-state index contributed by atoms with van der Waals surface area (Å²) in [6.45, 7) is 3.60. The lowest BCUT2D eigenvalue weighted by Crippen LogP contribution is -2.40. The van der Waals surface area contributed by atoms with Crippen molar-refractivity contribution in [3.8, 4) is 6.07 Å². The molecule has 1 aliphatic rings. The molecule has 164 valence electrons. The van der Waals surface area contributed by atoms with Crippen LogP contribution in [0.15, 0.2) is 55.1 Å². The molecular weight excluding hydrogens is 400 g/mol. The molecule has 0 atom stereocenters. The minimum absolute atomic E-state index is 0.102. The molecule has 1 aliphatic heterocycles. The summed E-state index contributed by atoms with van der Waals surface area (Å²) >= 11 is 0. The fourth-order valence-corrected chi connectivity index (χ4v) is 4.60. The third kappa shape index (κ3) is 4.74. The highest BCUT2D eigenvalue weighted by Gasteiger charge is 2.28. The van der Waals surface area contributed by atoms with Crippen molar-refractivity contribution in [2.24, 2.45) is 5.92 Å². The maximum absolute atomic E-state index is 13.6. The van der Waals surface area contributed by atoms with Gasteiger partial charge in [0.15, 0.2) is 0 Å². The number of nitrogens with zero attached hydrogens (tertiary/aromatic N) is 4. The van der Waals surface area contributed by atoms with Crippen LogP contribution in [0.5, 0.6) is 0 Å². The first kappa shape index (κ1) is 21.8. The number of likely N-dealkylation sites (tertiary alicyclic amines) is 1. The summed E-state index contributed by atoms with van der Waals surface area (Å²) in [4.78, 5) is 19.5. The number of aryl methyl sites for hydroxylation is 1. The molecule has 2 aromatic carbocycles. The highest BCUT2D eigenvalue weighted by Crippen LogP contribution is 2.27. The second-order valence-corrected chi connectivity index (χ2v) is 8.56. The minimum atomic E-state index is -0.243. The Kier molecular flexibility index (Phi) is 6.67. The SMILES string of the molecule is Cc1cccc(CC2CCN(C(=O)c3c(CO)ccc(C#N)c3Cn3ccnc3)CC2)c1. The molecule has 1 N–H and O–H groups in total. The topological polar surface area (TPSA) is 82.2 Å². The van der Waals surface area contributed by atoms with E-state index in [-0.39, 0.29) is 12.5 Å². The monoisotopic (exact) mass is 428 g/mol. The third-order valence-corrected chi connectivity index (χ3v) is 6.31. The number of aliphatic hydroxyl groups excluding tert-OH is 1. The Labute approximate surface area is 188 Å². The van der Waals surface area contributed by atoms with Crippen LogP contribution in [0.1, 0.15) is 51.0 Å². The number of rotatable bonds is 6. The average Bonchev–Trinajstić information content (AvgIpc) is 3.32. The third-order valence-electron chi connectivity index (χ3n) is 6.31. The van der Waals surface area contributed by atoms with Gasteiger partial charge in [0.1, 0.15) is 0 Å². The Morgan fingerprint density at radius 2 is 2.06 bits per heavy atom. The Morgan fingerprint density at radius 1 is 1.25 bits per heavy atom. The zero-order valence-electron chi connectivity index (χ0n) is 18.4. The predicted octanol–water partition coefficient (Wildman–Crippen LogP) is 3.70. The van der Waals surface area contributed by atoms with E-state index < -0.39 is 0 Å². The van der Waals surface area contributed by atoms with Gasteiger partial charge in [0.05, 0.1) is 36.7 Å².